The normalized spacial score (nSPS) is 18.5. The van der Waals surface area contributed by atoms with Crippen molar-refractivity contribution in [3.63, 3.8) is 0 Å². The molecule has 1 saturated carbocycles. The van der Waals surface area contributed by atoms with E-state index in [4.69, 9.17) is 0 Å². The van der Waals surface area contributed by atoms with Crippen molar-refractivity contribution in [1.29, 1.82) is 0 Å². The third-order valence-electron chi connectivity index (χ3n) is 8.26. The maximum atomic E-state index is 14.1. The minimum Gasteiger partial charge on any atom is -0.357 e. The summed E-state index contributed by atoms with van der Waals surface area (Å²) >= 11 is 0. The van der Waals surface area contributed by atoms with Crippen LogP contribution in [0.2, 0.25) is 0 Å². The molecule has 1 heterocycles. The Bertz CT molecular complexity index is 1470. The van der Waals surface area contributed by atoms with Gasteiger partial charge < -0.3 is 20.4 Å². The first kappa shape index (κ1) is 29.2. The van der Waals surface area contributed by atoms with E-state index >= 15 is 0 Å². The maximum absolute atomic E-state index is 14.1. The van der Waals surface area contributed by atoms with Gasteiger partial charge in [-0.2, -0.15) is 0 Å². The molecule has 3 aromatic rings. The van der Waals surface area contributed by atoms with E-state index in [9.17, 15) is 23.6 Å². The van der Waals surface area contributed by atoms with Crippen molar-refractivity contribution in [1.82, 2.24) is 20.4 Å². The van der Waals surface area contributed by atoms with E-state index in [1.165, 1.54) is 19.1 Å². The number of halogens is 1. The van der Waals surface area contributed by atoms with Crippen molar-refractivity contribution in [3.05, 3.63) is 83.7 Å². The lowest BCUT2D eigenvalue weighted by Crippen LogP contribution is -2.65. The molecule has 0 bridgehead atoms. The van der Waals surface area contributed by atoms with E-state index in [2.05, 4.69) is 10.6 Å². The molecule has 1 aliphatic heterocycles. The van der Waals surface area contributed by atoms with Gasteiger partial charge in [-0.3, -0.25) is 19.2 Å². The molecular formula is C33H37FN4O4. The zero-order valence-electron chi connectivity index (χ0n) is 24.0. The lowest BCUT2D eigenvalue weighted by Gasteiger charge is -2.44. The fourth-order valence-corrected chi connectivity index (χ4v) is 5.88. The topological polar surface area (TPSA) is 98.8 Å². The summed E-state index contributed by atoms with van der Waals surface area (Å²) in [5, 5.41) is 7.62. The van der Waals surface area contributed by atoms with Crippen molar-refractivity contribution in [3.8, 4) is 0 Å². The number of likely N-dealkylation sites (N-methyl/N-ethyl adjacent to an activating group) is 1. The van der Waals surface area contributed by atoms with Crippen LogP contribution in [0, 0.1) is 11.7 Å². The average molecular weight is 573 g/mol. The number of amides is 4. The lowest BCUT2D eigenvalue weighted by atomic mass is 9.96. The largest absolute Gasteiger partial charge is 0.357 e. The molecule has 3 unspecified atom stereocenters. The molecule has 8 nitrogen and oxygen atoms in total. The van der Waals surface area contributed by atoms with Gasteiger partial charge in [-0.15, -0.1) is 0 Å². The third kappa shape index (κ3) is 6.78. The van der Waals surface area contributed by atoms with Crippen LogP contribution in [-0.4, -0.2) is 71.7 Å². The van der Waals surface area contributed by atoms with E-state index in [0.717, 1.165) is 29.2 Å². The zero-order chi connectivity index (χ0) is 29.8. The molecule has 3 atom stereocenters. The number of hydrogen-bond acceptors (Lipinski definition) is 4. The molecule has 9 heteroatoms. The van der Waals surface area contributed by atoms with E-state index in [0.29, 0.717) is 24.3 Å². The predicted molar refractivity (Wildman–Crippen MR) is 158 cm³/mol. The molecule has 0 radical (unpaired) electrons. The van der Waals surface area contributed by atoms with Crippen LogP contribution in [0.5, 0.6) is 0 Å². The summed E-state index contributed by atoms with van der Waals surface area (Å²) in [5.74, 6) is -1.27. The molecular weight excluding hydrogens is 535 g/mol. The number of piperazine rings is 1. The number of benzene rings is 3. The highest BCUT2D eigenvalue weighted by Crippen LogP contribution is 2.36. The van der Waals surface area contributed by atoms with Crippen molar-refractivity contribution in [2.24, 2.45) is 5.92 Å². The summed E-state index contributed by atoms with van der Waals surface area (Å²) in [6.45, 7) is 1.78. The summed E-state index contributed by atoms with van der Waals surface area (Å²) in [6.07, 6.45) is 3.02. The van der Waals surface area contributed by atoms with Crippen LogP contribution in [0.3, 0.4) is 0 Å². The van der Waals surface area contributed by atoms with Gasteiger partial charge in [0.05, 0.1) is 0 Å². The van der Waals surface area contributed by atoms with Gasteiger partial charge in [-0.05, 0) is 46.4 Å². The molecule has 0 aromatic heterocycles. The molecule has 4 amide bonds. The van der Waals surface area contributed by atoms with Crippen LogP contribution in [0.4, 0.5) is 4.39 Å². The van der Waals surface area contributed by atoms with Crippen molar-refractivity contribution in [2.45, 2.75) is 57.2 Å². The van der Waals surface area contributed by atoms with Crippen LogP contribution < -0.4 is 10.6 Å². The highest BCUT2D eigenvalue weighted by atomic mass is 19.1. The summed E-state index contributed by atoms with van der Waals surface area (Å²) in [6, 6.07) is 17.5. The fourth-order valence-electron chi connectivity index (χ4n) is 5.88. The molecule has 42 heavy (non-hydrogen) atoms. The Kier molecular flexibility index (Phi) is 8.85. The second-order valence-corrected chi connectivity index (χ2v) is 11.4. The van der Waals surface area contributed by atoms with Crippen LogP contribution in [0.1, 0.15) is 37.3 Å². The van der Waals surface area contributed by atoms with E-state index in [1.807, 2.05) is 42.5 Å². The van der Waals surface area contributed by atoms with Gasteiger partial charge in [0.1, 0.15) is 23.9 Å². The smallest absolute Gasteiger partial charge is 0.246 e. The van der Waals surface area contributed by atoms with Crippen molar-refractivity contribution < 1.29 is 23.6 Å². The van der Waals surface area contributed by atoms with Gasteiger partial charge in [0, 0.05) is 39.9 Å². The summed E-state index contributed by atoms with van der Waals surface area (Å²) in [7, 11) is 1.56. The third-order valence-corrected chi connectivity index (χ3v) is 8.26. The minimum absolute atomic E-state index is 0.173. The van der Waals surface area contributed by atoms with Gasteiger partial charge >= 0.3 is 0 Å². The summed E-state index contributed by atoms with van der Waals surface area (Å²) in [4.78, 5) is 56.5. The highest BCUT2D eigenvalue weighted by Gasteiger charge is 2.45. The summed E-state index contributed by atoms with van der Waals surface area (Å²) in [5.41, 5.74) is 1.64. The first-order valence-electron chi connectivity index (χ1n) is 14.5. The maximum Gasteiger partial charge on any atom is 0.246 e. The Morgan fingerprint density at radius 2 is 1.62 bits per heavy atom. The number of carbonyl (C=O) groups excluding carboxylic acids is 4. The predicted octanol–water partition coefficient (Wildman–Crippen LogP) is 3.22. The lowest BCUT2D eigenvalue weighted by molar-refractivity contribution is -0.157. The Morgan fingerprint density at radius 3 is 2.29 bits per heavy atom. The number of rotatable bonds is 10. The van der Waals surface area contributed by atoms with Crippen molar-refractivity contribution >= 4 is 34.4 Å². The summed E-state index contributed by atoms with van der Waals surface area (Å²) < 4.78 is 13.5. The molecule has 1 saturated heterocycles. The molecule has 1 aliphatic carbocycles. The molecule has 3 aromatic carbocycles. The van der Waals surface area contributed by atoms with Gasteiger partial charge in [0.2, 0.25) is 23.6 Å². The first-order valence-corrected chi connectivity index (χ1v) is 14.5. The SMILES string of the molecule is CNC(=O)C(Cc1ccc2ccccc2c1)N1CCN(C(=O)C(Cc2ccc(F)cc2)NC(C)=O)C(CC2CC2)C1=O. The Morgan fingerprint density at radius 1 is 0.929 bits per heavy atom. The highest BCUT2D eigenvalue weighted by molar-refractivity contribution is 5.95. The van der Waals surface area contributed by atoms with E-state index < -0.39 is 18.1 Å². The van der Waals surface area contributed by atoms with E-state index in [-0.39, 0.29) is 49.0 Å². The number of carbonyl (C=O) groups is 4. The monoisotopic (exact) mass is 572 g/mol. The van der Waals surface area contributed by atoms with Crippen LogP contribution in [0.25, 0.3) is 10.8 Å². The minimum atomic E-state index is -0.902. The Labute approximate surface area is 245 Å². The number of nitrogens with one attached hydrogen (secondary N) is 2. The van der Waals surface area contributed by atoms with Crippen LogP contribution >= 0.6 is 0 Å². The van der Waals surface area contributed by atoms with Gasteiger partial charge in [0.25, 0.3) is 0 Å². The van der Waals surface area contributed by atoms with Crippen LogP contribution in [-0.2, 0) is 32.0 Å². The quantitative estimate of drug-likeness (QED) is 0.390. The zero-order valence-corrected chi connectivity index (χ0v) is 24.0. The second-order valence-electron chi connectivity index (χ2n) is 11.4. The van der Waals surface area contributed by atoms with Gasteiger partial charge in [-0.1, -0.05) is 67.4 Å². The molecule has 2 fully saturated rings. The number of fused-ring (bicyclic) bond motifs is 1. The molecule has 2 aliphatic rings. The molecule has 0 spiro atoms. The van der Waals surface area contributed by atoms with Crippen molar-refractivity contribution in [2.75, 3.05) is 20.1 Å². The fraction of sp³-hybridized carbons (Fsp3) is 0.394. The first-order chi connectivity index (χ1) is 20.2. The van der Waals surface area contributed by atoms with Crippen LogP contribution in [0.15, 0.2) is 66.7 Å². The Hall–Kier alpha value is -4.27. The number of hydrogen-bond donors (Lipinski definition) is 2. The second kappa shape index (κ2) is 12.7. The van der Waals surface area contributed by atoms with Gasteiger partial charge in [-0.25, -0.2) is 4.39 Å². The standard InChI is InChI=1S/C33H37FN4O4/c1-21(39)36-28(18-22-10-13-27(34)14-11-22)32(41)38-16-15-37(33(42)30(38)19-23-7-8-23)29(31(40)35-2)20-24-9-12-25-5-3-4-6-26(25)17-24/h3-6,9-14,17,23,28-30H,7-8,15-16,18-20H2,1-2H3,(H,35,40)(H,36,39). The molecule has 5 rings (SSSR count). The molecule has 2 N–H and O–H groups in total. The molecule has 220 valence electrons. The average Bonchev–Trinajstić information content (AvgIpc) is 3.81. The van der Waals surface area contributed by atoms with E-state index in [1.54, 1.807) is 29.0 Å². The number of nitrogens with zero attached hydrogens (tertiary/aromatic N) is 2. The Balaban J connectivity index is 1.39. The van der Waals surface area contributed by atoms with Gasteiger partial charge in [0.15, 0.2) is 0 Å².